The molecule has 0 radical (unpaired) electrons. The van der Waals surface area contributed by atoms with Crippen LogP contribution in [0.25, 0.3) is 6.08 Å². The summed E-state index contributed by atoms with van der Waals surface area (Å²) in [6, 6.07) is 9.80. The van der Waals surface area contributed by atoms with Crippen molar-refractivity contribution >= 4 is 17.2 Å². The predicted octanol–water partition coefficient (Wildman–Crippen LogP) is 1.97. The van der Waals surface area contributed by atoms with E-state index in [9.17, 15) is 8.76 Å². The molecule has 1 unspecified atom stereocenters. The molecule has 1 rings (SSSR count). The molecule has 0 amide bonds. The molecule has 0 aromatic heterocycles. The molecule has 0 N–H and O–H groups in total. The van der Waals surface area contributed by atoms with E-state index in [0.717, 1.165) is 5.56 Å². The fourth-order valence-corrected chi connectivity index (χ4v) is 1.28. The van der Waals surface area contributed by atoms with Gasteiger partial charge < -0.3 is 4.55 Å². The van der Waals surface area contributed by atoms with Gasteiger partial charge in [-0.05, 0) is 12.0 Å². The number of hydrogen-bond donors (Lipinski definition) is 0. The van der Waals surface area contributed by atoms with Gasteiger partial charge in [0.1, 0.15) is 0 Å². The summed E-state index contributed by atoms with van der Waals surface area (Å²) in [7, 11) is 0. The van der Waals surface area contributed by atoms with Crippen molar-refractivity contribution in [2.75, 3.05) is 5.75 Å². The minimum absolute atomic E-state index is 0.198. The van der Waals surface area contributed by atoms with E-state index in [1.165, 1.54) is 0 Å². The second-order valence-corrected chi connectivity index (χ2v) is 3.63. The third-order valence-corrected chi connectivity index (χ3v) is 2.13. The van der Waals surface area contributed by atoms with Crippen LogP contribution in [0.2, 0.25) is 0 Å². The molecule has 0 aliphatic carbocycles. The lowest BCUT2D eigenvalue weighted by Gasteiger charge is -1.99. The molecule has 0 bridgehead atoms. The second-order valence-electron chi connectivity index (χ2n) is 2.61. The highest BCUT2D eigenvalue weighted by Crippen LogP contribution is 2.01. The molecule has 1 aromatic carbocycles. The lowest BCUT2D eigenvalue weighted by Crippen LogP contribution is -1.92. The van der Waals surface area contributed by atoms with Gasteiger partial charge in [-0.15, -0.1) is 0 Å². The van der Waals surface area contributed by atoms with Gasteiger partial charge in [0.15, 0.2) is 0 Å². The quantitative estimate of drug-likeness (QED) is 0.689. The maximum Gasteiger partial charge on any atom is 0.0136 e. The monoisotopic (exact) mass is 195 g/mol. The summed E-state index contributed by atoms with van der Waals surface area (Å²) in [4.78, 5) is 0. The van der Waals surface area contributed by atoms with E-state index >= 15 is 0 Å². The Balaban J connectivity index is 2.37. The average Bonchev–Trinajstić information content (AvgIpc) is 2.14. The molecule has 3 heteroatoms. The van der Waals surface area contributed by atoms with Crippen LogP contribution in [0, 0.1) is 0 Å². The van der Waals surface area contributed by atoms with Gasteiger partial charge in [0.25, 0.3) is 0 Å². The molecule has 1 aromatic rings. The first-order valence-electron chi connectivity index (χ1n) is 4.06. The third-order valence-electron chi connectivity index (χ3n) is 1.56. The smallest absolute Gasteiger partial charge is 0.0136 e. The summed E-state index contributed by atoms with van der Waals surface area (Å²) in [6.07, 6.45) is 4.36. The molecule has 0 saturated heterocycles. The highest BCUT2D eigenvalue weighted by Gasteiger charge is 1.83. The molecule has 0 heterocycles. The Labute approximate surface area is 80.6 Å². The molecule has 0 fully saturated rings. The van der Waals surface area contributed by atoms with Gasteiger partial charge >= 0.3 is 0 Å². The molecular weight excluding hydrogens is 184 g/mol. The molecule has 0 aliphatic rings. The Bertz CT molecular complexity index is 293. The minimum atomic E-state index is -1.92. The van der Waals surface area contributed by atoms with Gasteiger partial charge in [0.05, 0.1) is 0 Å². The number of hydrogen-bond acceptors (Lipinski definition) is 2. The van der Waals surface area contributed by atoms with E-state index in [1.54, 1.807) is 0 Å². The van der Waals surface area contributed by atoms with Crippen molar-refractivity contribution < 1.29 is 8.76 Å². The van der Waals surface area contributed by atoms with Crippen LogP contribution in [0.1, 0.15) is 12.0 Å². The zero-order valence-electron chi connectivity index (χ0n) is 7.18. The maximum atomic E-state index is 10.2. The summed E-state index contributed by atoms with van der Waals surface area (Å²) in [5.74, 6) is 0.198. The molecule has 1 atom stereocenters. The lowest BCUT2D eigenvalue weighted by atomic mass is 10.2. The van der Waals surface area contributed by atoms with Crippen LogP contribution in [-0.4, -0.2) is 14.5 Å². The average molecular weight is 195 g/mol. The van der Waals surface area contributed by atoms with E-state index < -0.39 is 11.1 Å². The van der Waals surface area contributed by atoms with Crippen LogP contribution in [0.3, 0.4) is 0 Å². The van der Waals surface area contributed by atoms with Crippen molar-refractivity contribution in [1.82, 2.24) is 0 Å². The van der Waals surface area contributed by atoms with Gasteiger partial charge in [-0.25, -0.2) is 0 Å². The fraction of sp³-hybridized carbons (Fsp3) is 0.200. The van der Waals surface area contributed by atoms with Crippen LogP contribution in [0.5, 0.6) is 0 Å². The van der Waals surface area contributed by atoms with E-state index in [1.807, 2.05) is 42.5 Å². The van der Waals surface area contributed by atoms with E-state index in [-0.39, 0.29) is 5.75 Å². The zero-order chi connectivity index (χ0) is 9.52. The highest BCUT2D eigenvalue weighted by molar-refractivity contribution is 7.79. The van der Waals surface area contributed by atoms with Crippen molar-refractivity contribution in [3.63, 3.8) is 0 Å². The largest absolute Gasteiger partial charge is 0.772 e. The lowest BCUT2D eigenvalue weighted by molar-refractivity contribution is 0.537. The van der Waals surface area contributed by atoms with Crippen molar-refractivity contribution in [1.29, 1.82) is 0 Å². The van der Waals surface area contributed by atoms with E-state index in [2.05, 4.69) is 0 Å². The van der Waals surface area contributed by atoms with Gasteiger partial charge in [-0.2, -0.15) is 0 Å². The second kappa shape index (κ2) is 5.67. The summed E-state index contributed by atoms with van der Waals surface area (Å²) in [6.45, 7) is 0. The number of rotatable bonds is 4. The highest BCUT2D eigenvalue weighted by atomic mass is 32.2. The minimum Gasteiger partial charge on any atom is -0.772 e. The molecular formula is C10H11O2S-. The zero-order valence-corrected chi connectivity index (χ0v) is 8.00. The van der Waals surface area contributed by atoms with Crippen molar-refractivity contribution in [3.05, 3.63) is 42.0 Å². The fourth-order valence-electron chi connectivity index (χ4n) is 0.948. The standard InChI is InChI=1S/C10H12O2S/c11-13(12)9-5-4-8-10-6-2-1-3-7-10/h1-4,6-8H,5,9H2,(H,11,12)/p-1. The van der Waals surface area contributed by atoms with Gasteiger partial charge in [-0.3, -0.25) is 4.21 Å². The van der Waals surface area contributed by atoms with Crippen molar-refractivity contribution in [2.24, 2.45) is 0 Å². The normalized spacial score (nSPS) is 13.3. The van der Waals surface area contributed by atoms with Crippen molar-refractivity contribution in [2.45, 2.75) is 6.42 Å². The Morgan fingerprint density at radius 2 is 2.00 bits per heavy atom. The van der Waals surface area contributed by atoms with Gasteiger partial charge in [-0.1, -0.05) is 53.6 Å². The van der Waals surface area contributed by atoms with Gasteiger partial charge in [0, 0.05) is 5.75 Å². The van der Waals surface area contributed by atoms with Gasteiger partial charge in [0.2, 0.25) is 0 Å². The SMILES string of the molecule is O=S([O-])CCC=Cc1ccccc1. The first-order valence-corrected chi connectivity index (χ1v) is 5.31. The summed E-state index contributed by atoms with van der Waals surface area (Å²) >= 11 is -1.92. The first-order chi connectivity index (χ1) is 6.29. The summed E-state index contributed by atoms with van der Waals surface area (Å²) in [5.41, 5.74) is 1.10. The van der Waals surface area contributed by atoms with Crippen LogP contribution >= 0.6 is 0 Å². The maximum absolute atomic E-state index is 10.2. The van der Waals surface area contributed by atoms with Crippen LogP contribution in [0.15, 0.2) is 36.4 Å². The predicted molar refractivity (Wildman–Crippen MR) is 53.9 cm³/mol. The van der Waals surface area contributed by atoms with Crippen LogP contribution in [-0.2, 0) is 11.1 Å². The molecule has 0 saturated carbocycles. The number of benzene rings is 1. The Hall–Kier alpha value is -0.930. The molecule has 0 spiro atoms. The Morgan fingerprint density at radius 3 is 2.62 bits per heavy atom. The molecule has 0 aliphatic heterocycles. The number of allylic oxidation sites excluding steroid dienone is 1. The van der Waals surface area contributed by atoms with Crippen LogP contribution in [0.4, 0.5) is 0 Å². The summed E-state index contributed by atoms with van der Waals surface area (Å²) in [5, 5.41) is 0. The molecule has 70 valence electrons. The molecule has 13 heavy (non-hydrogen) atoms. The van der Waals surface area contributed by atoms with Crippen LogP contribution < -0.4 is 0 Å². The van der Waals surface area contributed by atoms with E-state index in [0.29, 0.717) is 6.42 Å². The summed E-state index contributed by atoms with van der Waals surface area (Å²) < 4.78 is 20.4. The molecule has 2 nitrogen and oxygen atoms in total. The third kappa shape index (κ3) is 4.60. The Morgan fingerprint density at radius 1 is 1.31 bits per heavy atom. The topological polar surface area (TPSA) is 40.1 Å². The van der Waals surface area contributed by atoms with Crippen molar-refractivity contribution in [3.8, 4) is 0 Å². The Kier molecular flexibility index (Phi) is 4.43. The van der Waals surface area contributed by atoms with E-state index in [4.69, 9.17) is 0 Å². The first kappa shape index (κ1) is 10.2.